The highest BCUT2D eigenvalue weighted by molar-refractivity contribution is 5.97. The van der Waals surface area contributed by atoms with E-state index in [2.05, 4.69) is 5.32 Å². The Labute approximate surface area is 123 Å². The van der Waals surface area contributed by atoms with Crippen LogP contribution in [0, 0.1) is 0 Å². The molecule has 8 nitrogen and oxygen atoms in total. The highest BCUT2D eigenvalue weighted by Crippen LogP contribution is 2.20. The van der Waals surface area contributed by atoms with Crippen molar-refractivity contribution in [3.8, 4) is 5.75 Å². The van der Waals surface area contributed by atoms with Gasteiger partial charge < -0.3 is 24.7 Å². The van der Waals surface area contributed by atoms with Gasteiger partial charge in [-0.2, -0.15) is 0 Å². The molecule has 2 aromatic rings. The molecule has 0 aliphatic heterocycles. The molecule has 1 aromatic carbocycles. The number of nitrogens with one attached hydrogen (secondary N) is 1. The fourth-order valence-corrected chi connectivity index (χ4v) is 1.74. The summed E-state index contributed by atoms with van der Waals surface area (Å²) < 4.78 is 10.2. The number of carboxylic acid groups (broad SMARTS) is 2. The number of ether oxygens (including phenoxy) is 1. The summed E-state index contributed by atoms with van der Waals surface area (Å²) in [6.07, 6.45) is 1.46. The number of fused-ring (bicyclic) bond motifs is 1. The van der Waals surface area contributed by atoms with Crippen LogP contribution >= 0.6 is 0 Å². The quantitative estimate of drug-likeness (QED) is 0.705. The van der Waals surface area contributed by atoms with Gasteiger partial charge in [-0.1, -0.05) is 0 Å². The van der Waals surface area contributed by atoms with Gasteiger partial charge in [-0.05, 0) is 12.1 Å². The molecule has 3 N–H and O–H groups in total. The first-order valence-corrected chi connectivity index (χ1v) is 5.97. The largest absolute Gasteiger partial charge is 0.497 e. The van der Waals surface area contributed by atoms with E-state index in [0.29, 0.717) is 11.8 Å². The van der Waals surface area contributed by atoms with Gasteiger partial charge >= 0.3 is 11.9 Å². The summed E-state index contributed by atoms with van der Waals surface area (Å²) in [5.74, 6) is -2.48. The molecule has 0 spiro atoms. The van der Waals surface area contributed by atoms with Crippen molar-refractivity contribution in [3.63, 3.8) is 0 Å². The van der Waals surface area contributed by atoms with Crippen LogP contribution < -0.4 is 15.5 Å². The van der Waals surface area contributed by atoms with E-state index in [0.717, 1.165) is 6.26 Å². The number of rotatable bonds is 5. The summed E-state index contributed by atoms with van der Waals surface area (Å²) in [5.41, 5.74) is -1.12. The molecule has 0 fully saturated rings. The number of carbonyl (C=O) groups is 2. The van der Waals surface area contributed by atoms with Crippen molar-refractivity contribution in [2.24, 2.45) is 0 Å². The van der Waals surface area contributed by atoms with E-state index in [4.69, 9.17) is 19.4 Å². The Hall–Kier alpha value is -3.29. The third kappa shape index (κ3) is 3.06. The van der Waals surface area contributed by atoms with Gasteiger partial charge in [-0.3, -0.25) is 4.79 Å². The molecule has 22 heavy (non-hydrogen) atoms. The zero-order chi connectivity index (χ0) is 16.3. The van der Waals surface area contributed by atoms with Crippen molar-refractivity contribution in [2.45, 2.75) is 0 Å². The Bertz CT molecular complexity index is 835. The third-order valence-electron chi connectivity index (χ3n) is 2.75. The van der Waals surface area contributed by atoms with Crippen LogP contribution in [0.1, 0.15) is 0 Å². The number of hydrogen-bond acceptors (Lipinski definition) is 6. The number of benzene rings is 1. The van der Waals surface area contributed by atoms with Crippen molar-refractivity contribution >= 4 is 28.6 Å². The normalized spacial score (nSPS) is 11.2. The van der Waals surface area contributed by atoms with Gasteiger partial charge in [0, 0.05) is 6.07 Å². The number of aliphatic carboxylic acids is 2. The van der Waals surface area contributed by atoms with Gasteiger partial charge in [0.1, 0.15) is 29.0 Å². The summed E-state index contributed by atoms with van der Waals surface area (Å²) in [5, 5.41) is 20.0. The van der Waals surface area contributed by atoms with Gasteiger partial charge in [-0.25, -0.2) is 9.59 Å². The molecule has 1 aromatic heterocycles. The summed E-state index contributed by atoms with van der Waals surface area (Å²) in [6, 6.07) is 4.52. The van der Waals surface area contributed by atoms with Crippen molar-refractivity contribution < 1.29 is 29.0 Å². The first-order chi connectivity index (χ1) is 10.4. The second-order valence-corrected chi connectivity index (χ2v) is 4.17. The number of carboxylic acids is 2. The zero-order valence-corrected chi connectivity index (χ0v) is 11.3. The lowest BCUT2D eigenvalue weighted by Gasteiger charge is -2.07. The van der Waals surface area contributed by atoms with E-state index in [-0.39, 0.29) is 16.7 Å². The summed E-state index contributed by atoms with van der Waals surface area (Å²) in [4.78, 5) is 33.8. The maximum absolute atomic E-state index is 12.2. The minimum Gasteiger partial charge on any atom is -0.497 e. The molecule has 0 atom stereocenters. The van der Waals surface area contributed by atoms with E-state index in [1.54, 1.807) is 6.07 Å². The molecule has 0 amide bonds. The van der Waals surface area contributed by atoms with Crippen molar-refractivity contribution in [2.75, 3.05) is 12.4 Å². The molecular formula is C14H11NO7. The fraction of sp³-hybridized carbons (Fsp3) is 0.0714. The summed E-state index contributed by atoms with van der Waals surface area (Å²) in [6.45, 7) is 0. The molecule has 2 rings (SSSR count). The van der Waals surface area contributed by atoms with Gasteiger partial charge in [-0.15, -0.1) is 0 Å². The van der Waals surface area contributed by atoms with Crippen molar-refractivity contribution in [3.05, 3.63) is 46.5 Å². The van der Waals surface area contributed by atoms with E-state index < -0.39 is 23.1 Å². The van der Waals surface area contributed by atoms with E-state index >= 15 is 0 Å². The van der Waals surface area contributed by atoms with E-state index in [1.165, 1.54) is 19.2 Å². The van der Waals surface area contributed by atoms with Crippen LogP contribution in [0.3, 0.4) is 0 Å². The number of hydrogen-bond donors (Lipinski definition) is 3. The Morgan fingerprint density at radius 1 is 1.32 bits per heavy atom. The highest BCUT2D eigenvalue weighted by atomic mass is 16.5. The predicted molar refractivity (Wildman–Crippen MR) is 76.0 cm³/mol. The maximum Gasteiger partial charge on any atom is 0.352 e. The second kappa shape index (κ2) is 6.00. The number of anilines is 1. The van der Waals surface area contributed by atoms with E-state index in [9.17, 15) is 14.4 Å². The monoisotopic (exact) mass is 305 g/mol. The van der Waals surface area contributed by atoms with Crippen molar-refractivity contribution in [1.29, 1.82) is 0 Å². The topological polar surface area (TPSA) is 126 Å². The van der Waals surface area contributed by atoms with E-state index in [1.807, 2.05) is 0 Å². The van der Waals surface area contributed by atoms with Crippen LogP contribution in [0.15, 0.2) is 45.4 Å². The molecule has 114 valence electrons. The molecule has 1 heterocycles. The lowest BCUT2D eigenvalue weighted by Crippen LogP contribution is -2.17. The lowest BCUT2D eigenvalue weighted by atomic mass is 10.2. The molecular weight excluding hydrogens is 294 g/mol. The molecule has 0 aliphatic carbocycles. The minimum absolute atomic E-state index is 0.187. The summed E-state index contributed by atoms with van der Waals surface area (Å²) >= 11 is 0. The molecule has 0 bridgehead atoms. The van der Waals surface area contributed by atoms with Gasteiger partial charge in [0.25, 0.3) is 0 Å². The maximum atomic E-state index is 12.2. The highest BCUT2D eigenvalue weighted by Gasteiger charge is 2.14. The lowest BCUT2D eigenvalue weighted by molar-refractivity contribution is -0.134. The van der Waals surface area contributed by atoms with Crippen molar-refractivity contribution in [1.82, 2.24) is 0 Å². The van der Waals surface area contributed by atoms with Gasteiger partial charge in [0.05, 0.1) is 18.6 Å². The van der Waals surface area contributed by atoms with Crippen LogP contribution in [0.25, 0.3) is 11.0 Å². The molecule has 0 radical (unpaired) electrons. The van der Waals surface area contributed by atoms with Gasteiger partial charge in [0.2, 0.25) is 5.43 Å². The van der Waals surface area contributed by atoms with Crippen LogP contribution in [0.2, 0.25) is 0 Å². The first kappa shape index (κ1) is 15.1. The number of methoxy groups -OCH3 is 1. The SMILES string of the molecule is COc1ccc2c(=O)c(NC(=CC(=O)O)C(=O)O)coc2c1. The standard InChI is InChI=1S/C14H11NO7/c1-21-7-2-3-8-11(4-7)22-6-10(13(8)18)15-9(14(19)20)5-12(16)17/h2-6,15H,1H3,(H,16,17)(H,19,20). The van der Waals surface area contributed by atoms with Crippen LogP contribution in [0.5, 0.6) is 5.75 Å². The summed E-state index contributed by atoms with van der Waals surface area (Å²) in [7, 11) is 1.46. The molecule has 8 heteroatoms. The predicted octanol–water partition coefficient (Wildman–Crippen LogP) is 1.27. The Morgan fingerprint density at radius 2 is 2.05 bits per heavy atom. The molecule has 0 saturated carbocycles. The Morgan fingerprint density at radius 3 is 2.64 bits per heavy atom. The van der Waals surface area contributed by atoms with Crippen LogP contribution in [-0.4, -0.2) is 29.3 Å². The average molecular weight is 305 g/mol. The third-order valence-corrected chi connectivity index (χ3v) is 2.75. The minimum atomic E-state index is -1.52. The van der Waals surface area contributed by atoms with Gasteiger partial charge in [0.15, 0.2) is 0 Å². The molecule has 0 aliphatic rings. The molecule has 0 saturated heterocycles. The average Bonchev–Trinajstić information content (AvgIpc) is 2.48. The fourth-order valence-electron chi connectivity index (χ4n) is 1.74. The van der Waals surface area contributed by atoms with Crippen LogP contribution in [-0.2, 0) is 9.59 Å². The second-order valence-electron chi connectivity index (χ2n) is 4.17. The first-order valence-electron chi connectivity index (χ1n) is 5.97. The van der Waals surface area contributed by atoms with Crippen LogP contribution in [0.4, 0.5) is 5.69 Å². The zero-order valence-electron chi connectivity index (χ0n) is 11.3. The smallest absolute Gasteiger partial charge is 0.352 e. The Balaban J connectivity index is 2.49. The molecule has 0 unspecified atom stereocenters. The Kier molecular flexibility index (Phi) is 4.12.